The molecule has 1 aliphatic rings. The maximum absolute atomic E-state index is 8.25. The van der Waals surface area contributed by atoms with Gasteiger partial charge in [0.05, 0.1) is 6.20 Å². The van der Waals surface area contributed by atoms with Crippen LogP contribution in [0.1, 0.15) is 70.5 Å². The number of hydrogen-bond acceptors (Lipinski definition) is 3. The predicted octanol–water partition coefficient (Wildman–Crippen LogP) is 0.755. The van der Waals surface area contributed by atoms with Crippen LogP contribution in [0.15, 0.2) is 17.0 Å². The molecule has 0 spiro atoms. The Morgan fingerprint density at radius 3 is 2.55 bits per heavy atom. The van der Waals surface area contributed by atoms with E-state index in [0.29, 0.717) is 5.92 Å². The summed E-state index contributed by atoms with van der Waals surface area (Å²) in [6.07, 6.45) is 12.9. The molecule has 0 amide bonds. The third-order valence-corrected chi connectivity index (χ3v) is 4.58. The molecular formula is C16H28KNO2. The van der Waals surface area contributed by atoms with E-state index in [2.05, 4.69) is 18.8 Å². The molecule has 0 radical (unpaired) electrons. The molecule has 0 aliphatic heterocycles. The van der Waals surface area contributed by atoms with Crippen molar-refractivity contribution in [2.45, 2.75) is 64.7 Å². The zero-order valence-corrected chi connectivity index (χ0v) is 16.7. The summed E-state index contributed by atoms with van der Waals surface area (Å²) < 4.78 is 5.50. The Morgan fingerprint density at radius 1 is 1.30 bits per heavy atom. The Bertz CT molecular complexity index is 312. The van der Waals surface area contributed by atoms with E-state index < -0.39 is 0 Å². The van der Waals surface area contributed by atoms with E-state index in [1.54, 1.807) is 6.39 Å². The van der Waals surface area contributed by atoms with Gasteiger partial charge >= 0.3 is 51.4 Å². The van der Waals surface area contributed by atoms with Crippen LogP contribution in [0.25, 0.3) is 0 Å². The maximum atomic E-state index is 8.25. The molecular weight excluding hydrogens is 277 g/mol. The fraction of sp³-hybridized carbons (Fsp3) is 0.812. The molecule has 20 heavy (non-hydrogen) atoms. The van der Waals surface area contributed by atoms with E-state index in [1.807, 2.05) is 6.20 Å². The fourth-order valence-corrected chi connectivity index (χ4v) is 3.31. The summed E-state index contributed by atoms with van der Waals surface area (Å²) in [5.74, 6) is 3.53. The number of hydrogen-bond donors (Lipinski definition) is 0. The third-order valence-electron chi connectivity index (χ3n) is 4.58. The van der Waals surface area contributed by atoms with Crippen molar-refractivity contribution in [1.29, 1.82) is 0 Å². The van der Waals surface area contributed by atoms with Gasteiger partial charge in [0, 0.05) is 5.92 Å². The van der Waals surface area contributed by atoms with Crippen molar-refractivity contribution in [1.82, 2.24) is 4.98 Å². The molecule has 0 bridgehead atoms. The second-order valence-corrected chi connectivity index (χ2v) is 5.46. The Kier molecular flexibility index (Phi) is 12.9. The van der Waals surface area contributed by atoms with Gasteiger partial charge in [-0.25, -0.2) is 4.98 Å². The van der Waals surface area contributed by atoms with Crippen LogP contribution in [0.3, 0.4) is 0 Å². The van der Waals surface area contributed by atoms with Gasteiger partial charge in [-0.15, -0.1) is 0 Å². The van der Waals surface area contributed by atoms with E-state index in [0.717, 1.165) is 24.7 Å². The van der Waals surface area contributed by atoms with Gasteiger partial charge in [-0.1, -0.05) is 39.5 Å². The van der Waals surface area contributed by atoms with E-state index in [1.165, 1.54) is 44.9 Å². The zero-order valence-electron chi connectivity index (χ0n) is 13.6. The zero-order chi connectivity index (χ0) is 14.1. The Labute approximate surface area is 166 Å². The monoisotopic (exact) mass is 305 g/mol. The van der Waals surface area contributed by atoms with E-state index in [4.69, 9.17) is 9.52 Å². The first-order valence-electron chi connectivity index (χ1n) is 7.64. The summed E-state index contributed by atoms with van der Waals surface area (Å²) in [6, 6.07) is 0. The molecule has 1 heterocycles. The first-order chi connectivity index (χ1) is 9.35. The summed E-state index contributed by atoms with van der Waals surface area (Å²) in [5, 5.41) is 8.25. The van der Waals surface area contributed by atoms with E-state index in [-0.39, 0.29) is 51.4 Å². The third kappa shape index (κ3) is 6.28. The van der Waals surface area contributed by atoms with Crippen molar-refractivity contribution in [3.63, 3.8) is 0 Å². The largest absolute Gasteiger partial charge is 1.00 e. The normalized spacial score (nSPS) is 21.2. The molecule has 110 valence electrons. The van der Waals surface area contributed by atoms with Crippen molar-refractivity contribution in [2.75, 3.05) is 7.11 Å². The van der Waals surface area contributed by atoms with Crippen molar-refractivity contribution >= 4 is 0 Å². The first kappa shape index (κ1) is 20.8. The Hall–Kier alpha value is 0.806. The molecule has 0 aromatic carbocycles. The molecule has 1 fully saturated rings. The Morgan fingerprint density at radius 2 is 2.00 bits per heavy atom. The van der Waals surface area contributed by atoms with Crippen LogP contribution in [0, 0.1) is 11.8 Å². The van der Waals surface area contributed by atoms with Crippen molar-refractivity contribution in [3.8, 4) is 0 Å². The summed E-state index contributed by atoms with van der Waals surface area (Å²) in [4.78, 5) is 4.06. The molecule has 4 heteroatoms. The second kappa shape index (κ2) is 12.4. The molecule has 1 saturated carbocycles. The van der Waals surface area contributed by atoms with Crippen LogP contribution in [-0.2, 0) is 0 Å². The fourth-order valence-electron chi connectivity index (χ4n) is 3.31. The van der Waals surface area contributed by atoms with Gasteiger partial charge in [-0.3, -0.25) is 0 Å². The number of aromatic nitrogens is 1. The van der Waals surface area contributed by atoms with Crippen LogP contribution in [0.5, 0.6) is 0 Å². The number of rotatable bonds is 6. The molecule has 1 aromatic heterocycles. The molecule has 0 N–H and O–H groups in total. The average molecular weight is 306 g/mol. The minimum atomic E-state index is 0. The van der Waals surface area contributed by atoms with Gasteiger partial charge in [0.25, 0.3) is 0 Å². The molecule has 1 unspecified atom stereocenters. The summed E-state index contributed by atoms with van der Waals surface area (Å²) >= 11 is 0. The van der Waals surface area contributed by atoms with Crippen LogP contribution < -0.4 is 56.5 Å². The molecule has 1 aromatic rings. The molecule has 2 atom stereocenters. The first-order valence-corrected chi connectivity index (χ1v) is 7.64. The maximum Gasteiger partial charge on any atom is 1.00 e. The van der Waals surface area contributed by atoms with E-state index >= 15 is 0 Å². The quantitative estimate of drug-likeness (QED) is 0.729. The minimum absolute atomic E-state index is 0. The van der Waals surface area contributed by atoms with Crippen LogP contribution in [0.2, 0.25) is 0 Å². The van der Waals surface area contributed by atoms with Crippen LogP contribution in [-0.4, -0.2) is 12.1 Å². The predicted molar refractivity (Wildman–Crippen MR) is 75.8 cm³/mol. The van der Waals surface area contributed by atoms with Gasteiger partial charge in [0.1, 0.15) is 5.76 Å². The Balaban J connectivity index is 0.00000115. The molecule has 0 saturated heterocycles. The van der Waals surface area contributed by atoms with Gasteiger partial charge < -0.3 is 9.52 Å². The number of oxazole rings is 1. The van der Waals surface area contributed by atoms with Crippen molar-refractivity contribution < 1.29 is 60.9 Å². The minimum Gasteiger partial charge on any atom is -0.857 e. The standard InChI is InChI=1S/C15H25NO.CH3O.K/c1-3-12(4-2)8-9-13-6-5-7-14(13)15-10-16-11-17-15;1-2;/h10-14H,3-9H2,1-2H3;1H3;/q;-1;+1/t13?,14-;;/m1../s1. The van der Waals surface area contributed by atoms with Gasteiger partial charge in [-0.2, -0.15) is 7.11 Å². The summed E-state index contributed by atoms with van der Waals surface area (Å²) in [6.45, 7) is 4.63. The van der Waals surface area contributed by atoms with Crippen LogP contribution in [0.4, 0.5) is 0 Å². The van der Waals surface area contributed by atoms with Crippen molar-refractivity contribution in [2.24, 2.45) is 11.8 Å². The van der Waals surface area contributed by atoms with Gasteiger partial charge in [0.15, 0.2) is 6.39 Å². The van der Waals surface area contributed by atoms with Crippen molar-refractivity contribution in [3.05, 3.63) is 18.4 Å². The number of nitrogens with zero attached hydrogens (tertiary/aromatic N) is 1. The average Bonchev–Trinajstić information content (AvgIpc) is 3.12. The summed E-state index contributed by atoms with van der Waals surface area (Å²) in [7, 11) is 0.750. The SMILES string of the molecule is CCC(CC)CCC1CCC[C@H]1c1cnco1.C[O-].[K+]. The summed E-state index contributed by atoms with van der Waals surface area (Å²) in [5.41, 5.74) is 0. The molecule has 3 nitrogen and oxygen atoms in total. The second-order valence-electron chi connectivity index (χ2n) is 5.46. The van der Waals surface area contributed by atoms with Gasteiger partial charge in [-0.05, 0) is 31.1 Å². The molecule has 2 rings (SSSR count). The van der Waals surface area contributed by atoms with Gasteiger partial charge in [0.2, 0.25) is 0 Å². The van der Waals surface area contributed by atoms with E-state index in [9.17, 15) is 0 Å². The van der Waals surface area contributed by atoms with Crippen LogP contribution >= 0.6 is 0 Å². The molecule has 1 aliphatic carbocycles. The smallest absolute Gasteiger partial charge is 0.857 e. The topological polar surface area (TPSA) is 49.1 Å².